The number of piperidine rings is 1. The normalized spacial score (nSPS) is 16.0. The molecule has 114 valence electrons. The molecule has 2 rings (SSSR count). The van der Waals surface area contributed by atoms with Crippen LogP contribution in [0.5, 0.6) is 0 Å². The number of benzene rings is 1. The number of amides is 1. The van der Waals surface area contributed by atoms with Gasteiger partial charge in [-0.15, -0.1) is 0 Å². The summed E-state index contributed by atoms with van der Waals surface area (Å²) in [5.74, 6) is -2.74. The largest absolute Gasteiger partial charge is 0.481 e. The van der Waals surface area contributed by atoms with Crippen molar-refractivity contribution >= 4 is 11.9 Å². The molecule has 1 fully saturated rings. The fourth-order valence-corrected chi connectivity index (χ4v) is 2.57. The lowest BCUT2D eigenvalue weighted by Gasteiger charge is -2.31. The maximum Gasteiger partial charge on any atom is 0.303 e. The first-order chi connectivity index (χ1) is 9.95. The molecular weight excluding hydrogens is 280 g/mol. The van der Waals surface area contributed by atoms with Gasteiger partial charge in [-0.3, -0.25) is 9.59 Å². The number of carbonyl (C=O) groups is 2. The van der Waals surface area contributed by atoms with Gasteiger partial charge in [0.05, 0.1) is 6.42 Å². The highest BCUT2D eigenvalue weighted by Gasteiger charge is 2.24. The van der Waals surface area contributed by atoms with Crippen LogP contribution < -0.4 is 0 Å². The molecule has 6 heteroatoms. The number of hydrogen-bond acceptors (Lipinski definition) is 2. The molecule has 1 aromatic carbocycles. The first-order valence-electron chi connectivity index (χ1n) is 6.89. The standard InChI is InChI=1S/C15H17F2NO3/c16-12-2-1-11(7-13(12)17)8-14(19)18-5-3-10(4-6-18)9-15(20)21/h1-2,7,10H,3-6,8-9H2,(H,20,21). The molecule has 0 bridgehead atoms. The molecule has 1 saturated heterocycles. The molecule has 1 amide bonds. The van der Waals surface area contributed by atoms with Crippen molar-refractivity contribution in [1.29, 1.82) is 0 Å². The van der Waals surface area contributed by atoms with Gasteiger partial charge in [0.25, 0.3) is 0 Å². The van der Waals surface area contributed by atoms with Crippen molar-refractivity contribution in [2.24, 2.45) is 5.92 Å². The molecule has 0 aromatic heterocycles. The molecule has 1 N–H and O–H groups in total. The zero-order chi connectivity index (χ0) is 15.4. The van der Waals surface area contributed by atoms with E-state index in [1.165, 1.54) is 6.07 Å². The number of hydrogen-bond donors (Lipinski definition) is 1. The van der Waals surface area contributed by atoms with Crippen LogP contribution in [-0.4, -0.2) is 35.0 Å². The van der Waals surface area contributed by atoms with Crippen molar-refractivity contribution in [2.45, 2.75) is 25.7 Å². The van der Waals surface area contributed by atoms with Crippen molar-refractivity contribution in [3.63, 3.8) is 0 Å². The molecule has 0 atom stereocenters. The molecule has 4 nitrogen and oxygen atoms in total. The average Bonchev–Trinajstić information content (AvgIpc) is 2.43. The number of carbonyl (C=O) groups excluding carboxylic acids is 1. The molecule has 1 heterocycles. The Morgan fingerprint density at radius 2 is 1.86 bits per heavy atom. The lowest BCUT2D eigenvalue weighted by molar-refractivity contribution is -0.138. The summed E-state index contributed by atoms with van der Waals surface area (Å²) in [4.78, 5) is 24.4. The fourth-order valence-electron chi connectivity index (χ4n) is 2.57. The second-order valence-electron chi connectivity index (χ2n) is 5.35. The number of carboxylic acids is 1. The van der Waals surface area contributed by atoms with E-state index in [0.717, 1.165) is 12.1 Å². The van der Waals surface area contributed by atoms with Crippen LogP contribution in [0.4, 0.5) is 8.78 Å². The quantitative estimate of drug-likeness (QED) is 0.927. The van der Waals surface area contributed by atoms with E-state index >= 15 is 0 Å². The lowest BCUT2D eigenvalue weighted by atomic mass is 9.93. The van der Waals surface area contributed by atoms with E-state index in [4.69, 9.17) is 5.11 Å². The van der Waals surface area contributed by atoms with Gasteiger partial charge in [0.2, 0.25) is 5.91 Å². The van der Waals surface area contributed by atoms with Crippen LogP contribution in [-0.2, 0) is 16.0 Å². The first kappa shape index (κ1) is 15.4. The van der Waals surface area contributed by atoms with Crippen LogP contribution in [0.3, 0.4) is 0 Å². The van der Waals surface area contributed by atoms with Gasteiger partial charge in [-0.05, 0) is 36.5 Å². The van der Waals surface area contributed by atoms with Crippen LogP contribution in [0.2, 0.25) is 0 Å². The number of carboxylic acid groups (broad SMARTS) is 1. The number of aliphatic carboxylic acids is 1. The third-order valence-corrected chi connectivity index (χ3v) is 3.77. The number of halogens is 2. The Morgan fingerprint density at radius 3 is 2.43 bits per heavy atom. The van der Waals surface area contributed by atoms with Crippen LogP contribution in [0, 0.1) is 17.6 Å². The highest BCUT2D eigenvalue weighted by Crippen LogP contribution is 2.21. The summed E-state index contributed by atoms with van der Waals surface area (Å²) >= 11 is 0. The Labute approximate surface area is 121 Å². The molecular formula is C15H17F2NO3. The molecule has 0 saturated carbocycles. The molecule has 0 aliphatic carbocycles. The molecule has 1 aliphatic rings. The maximum atomic E-state index is 13.1. The SMILES string of the molecule is O=C(O)CC1CCN(C(=O)Cc2ccc(F)c(F)c2)CC1. The Hall–Kier alpha value is -1.98. The number of nitrogens with zero attached hydrogens (tertiary/aromatic N) is 1. The highest BCUT2D eigenvalue weighted by molar-refractivity contribution is 5.78. The van der Waals surface area contributed by atoms with E-state index in [2.05, 4.69) is 0 Å². The van der Waals surface area contributed by atoms with Gasteiger partial charge >= 0.3 is 5.97 Å². The zero-order valence-electron chi connectivity index (χ0n) is 11.5. The van der Waals surface area contributed by atoms with Gasteiger partial charge < -0.3 is 10.0 Å². The van der Waals surface area contributed by atoms with Crippen LogP contribution in [0.25, 0.3) is 0 Å². The summed E-state index contributed by atoms with van der Waals surface area (Å²) in [6.45, 7) is 1.03. The predicted octanol–water partition coefficient (Wildman–Crippen LogP) is 2.22. The van der Waals surface area contributed by atoms with Crippen molar-refractivity contribution in [2.75, 3.05) is 13.1 Å². The summed E-state index contributed by atoms with van der Waals surface area (Å²) in [5, 5.41) is 8.74. The van der Waals surface area contributed by atoms with Gasteiger partial charge in [0.15, 0.2) is 11.6 Å². The fraction of sp³-hybridized carbons (Fsp3) is 0.467. The summed E-state index contributed by atoms with van der Waals surface area (Å²) in [5.41, 5.74) is 0.437. The summed E-state index contributed by atoms with van der Waals surface area (Å²) < 4.78 is 25.9. The maximum absolute atomic E-state index is 13.1. The van der Waals surface area contributed by atoms with Crippen molar-refractivity contribution in [1.82, 2.24) is 4.90 Å². The van der Waals surface area contributed by atoms with E-state index in [1.54, 1.807) is 4.90 Å². The minimum atomic E-state index is -0.958. The van der Waals surface area contributed by atoms with Crippen LogP contribution in [0.1, 0.15) is 24.8 Å². The minimum Gasteiger partial charge on any atom is -0.481 e. The van der Waals surface area contributed by atoms with Crippen molar-refractivity contribution in [3.8, 4) is 0 Å². The molecule has 0 spiro atoms. The Kier molecular flexibility index (Phi) is 4.88. The van der Waals surface area contributed by atoms with Gasteiger partial charge in [0.1, 0.15) is 0 Å². The van der Waals surface area contributed by atoms with E-state index in [0.29, 0.717) is 31.5 Å². The van der Waals surface area contributed by atoms with Crippen LogP contribution >= 0.6 is 0 Å². The van der Waals surface area contributed by atoms with E-state index in [9.17, 15) is 18.4 Å². The third kappa shape index (κ3) is 4.24. The van der Waals surface area contributed by atoms with E-state index in [1.807, 2.05) is 0 Å². The van der Waals surface area contributed by atoms with Gasteiger partial charge in [-0.25, -0.2) is 8.78 Å². The second-order valence-corrected chi connectivity index (χ2v) is 5.35. The summed E-state index contributed by atoms with van der Waals surface area (Å²) in [7, 11) is 0. The smallest absolute Gasteiger partial charge is 0.303 e. The Bertz CT molecular complexity index is 540. The lowest BCUT2D eigenvalue weighted by Crippen LogP contribution is -2.39. The van der Waals surface area contributed by atoms with Crippen molar-refractivity contribution in [3.05, 3.63) is 35.4 Å². The molecule has 0 radical (unpaired) electrons. The Morgan fingerprint density at radius 1 is 1.19 bits per heavy atom. The molecule has 21 heavy (non-hydrogen) atoms. The first-order valence-corrected chi connectivity index (χ1v) is 6.89. The minimum absolute atomic E-state index is 0.0286. The highest BCUT2D eigenvalue weighted by atomic mass is 19.2. The van der Waals surface area contributed by atoms with E-state index in [-0.39, 0.29) is 24.7 Å². The average molecular weight is 297 g/mol. The molecule has 1 aliphatic heterocycles. The topological polar surface area (TPSA) is 57.6 Å². The predicted molar refractivity (Wildman–Crippen MR) is 71.6 cm³/mol. The monoisotopic (exact) mass is 297 g/mol. The van der Waals surface area contributed by atoms with Gasteiger partial charge in [-0.2, -0.15) is 0 Å². The van der Waals surface area contributed by atoms with Gasteiger partial charge in [0, 0.05) is 19.5 Å². The summed E-state index contributed by atoms with van der Waals surface area (Å²) in [6.07, 6.45) is 1.48. The molecule has 1 aromatic rings. The Balaban J connectivity index is 1.87. The van der Waals surface area contributed by atoms with Gasteiger partial charge in [-0.1, -0.05) is 6.07 Å². The molecule has 0 unspecified atom stereocenters. The summed E-state index contributed by atoms with van der Waals surface area (Å²) in [6, 6.07) is 3.44. The second kappa shape index (κ2) is 6.65. The zero-order valence-corrected chi connectivity index (χ0v) is 11.5. The van der Waals surface area contributed by atoms with E-state index < -0.39 is 17.6 Å². The van der Waals surface area contributed by atoms with Crippen LogP contribution in [0.15, 0.2) is 18.2 Å². The van der Waals surface area contributed by atoms with Crippen molar-refractivity contribution < 1.29 is 23.5 Å². The third-order valence-electron chi connectivity index (χ3n) is 3.77. The number of likely N-dealkylation sites (tertiary alicyclic amines) is 1. The number of rotatable bonds is 4.